The second-order valence-electron chi connectivity index (χ2n) is 5.16. The average molecular weight is 283 g/mol. The Kier molecular flexibility index (Phi) is 3.91. The first-order chi connectivity index (χ1) is 9.43. The number of nitrogens with zero attached hydrogens (tertiary/aromatic N) is 1. The fourth-order valence-corrected chi connectivity index (χ4v) is 2.63. The van der Waals surface area contributed by atoms with E-state index in [1.165, 1.54) is 4.90 Å². The van der Waals surface area contributed by atoms with Crippen LogP contribution in [0.15, 0.2) is 0 Å². The molecule has 1 atom stereocenters. The van der Waals surface area contributed by atoms with Crippen LogP contribution in [-0.2, 0) is 14.4 Å². The van der Waals surface area contributed by atoms with Crippen LogP contribution in [0.1, 0.15) is 32.1 Å². The third-order valence-electron chi connectivity index (χ3n) is 3.64. The summed E-state index contributed by atoms with van der Waals surface area (Å²) in [6.07, 6.45) is 1.48. The lowest BCUT2D eigenvalue weighted by molar-refractivity contribution is -0.137. The van der Waals surface area contributed by atoms with Crippen molar-refractivity contribution in [2.75, 3.05) is 13.1 Å². The number of hydrogen-bond acceptors (Lipinski definition) is 4. The third-order valence-corrected chi connectivity index (χ3v) is 3.64. The highest BCUT2D eigenvalue weighted by Gasteiger charge is 2.49. The molecule has 0 bridgehead atoms. The quantitative estimate of drug-likeness (QED) is 0.598. The molecule has 8 heteroatoms. The highest BCUT2D eigenvalue weighted by Crippen LogP contribution is 2.25. The number of carbonyl (C=O) groups excluding carboxylic acids is 3. The van der Waals surface area contributed by atoms with Crippen molar-refractivity contribution in [2.45, 2.75) is 37.6 Å². The molecular formula is C12H17N3O5. The van der Waals surface area contributed by atoms with Crippen molar-refractivity contribution in [1.82, 2.24) is 15.5 Å². The Morgan fingerprint density at radius 1 is 1.30 bits per heavy atom. The Morgan fingerprint density at radius 3 is 2.65 bits per heavy atom. The second kappa shape index (κ2) is 5.48. The number of piperidine rings is 1. The maximum Gasteiger partial charge on any atom is 0.322 e. The van der Waals surface area contributed by atoms with E-state index >= 15 is 0 Å². The van der Waals surface area contributed by atoms with E-state index in [4.69, 9.17) is 5.11 Å². The number of carboxylic acid groups (broad SMARTS) is 1. The summed E-state index contributed by atoms with van der Waals surface area (Å²) in [5.74, 6) is -1.51. The van der Waals surface area contributed by atoms with Gasteiger partial charge in [-0.3, -0.25) is 19.7 Å². The molecule has 2 fully saturated rings. The number of carbonyl (C=O) groups is 4. The highest BCUT2D eigenvalue weighted by atomic mass is 16.4. The molecule has 0 radical (unpaired) electrons. The van der Waals surface area contributed by atoms with Gasteiger partial charge in [-0.15, -0.1) is 0 Å². The number of carboxylic acids is 1. The van der Waals surface area contributed by atoms with E-state index in [1.54, 1.807) is 0 Å². The van der Waals surface area contributed by atoms with Crippen LogP contribution in [0.3, 0.4) is 0 Å². The summed E-state index contributed by atoms with van der Waals surface area (Å²) in [7, 11) is 0. The summed E-state index contributed by atoms with van der Waals surface area (Å²) < 4.78 is 0. The van der Waals surface area contributed by atoms with Gasteiger partial charge in [-0.25, -0.2) is 4.79 Å². The van der Waals surface area contributed by atoms with E-state index in [0.29, 0.717) is 19.4 Å². The molecule has 20 heavy (non-hydrogen) atoms. The summed E-state index contributed by atoms with van der Waals surface area (Å²) in [6, 6.07) is -0.532. The molecule has 0 aromatic rings. The van der Waals surface area contributed by atoms with Gasteiger partial charge in [0.1, 0.15) is 5.54 Å². The molecule has 8 nitrogen and oxygen atoms in total. The van der Waals surface area contributed by atoms with E-state index < -0.39 is 23.4 Å². The van der Waals surface area contributed by atoms with Gasteiger partial charge in [0.2, 0.25) is 5.91 Å². The molecule has 1 unspecified atom stereocenters. The Labute approximate surface area is 115 Å². The van der Waals surface area contributed by atoms with Crippen molar-refractivity contribution in [3.8, 4) is 0 Å². The number of nitrogens with one attached hydrogen (secondary N) is 2. The van der Waals surface area contributed by atoms with Gasteiger partial charge in [0.25, 0.3) is 5.91 Å². The molecule has 0 saturated carbocycles. The van der Waals surface area contributed by atoms with Crippen LogP contribution in [0.25, 0.3) is 0 Å². The zero-order valence-electron chi connectivity index (χ0n) is 11.0. The molecule has 2 aliphatic heterocycles. The minimum absolute atomic E-state index is 0.0536. The fraction of sp³-hybridized carbons (Fsp3) is 0.667. The molecule has 110 valence electrons. The van der Waals surface area contributed by atoms with Gasteiger partial charge >= 0.3 is 12.0 Å². The summed E-state index contributed by atoms with van der Waals surface area (Å²) in [6.45, 7) is 0.674. The van der Waals surface area contributed by atoms with Crippen molar-refractivity contribution < 1.29 is 24.3 Å². The zero-order valence-corrected chi connectivity index (χ0v) is 11.0. The van der Waals surface area contributed by atoms with Crippen LogP contribution < -0.4 is 10.6 Å². The van der Waals surface area contributed by atoms with Crippen LogP contribution in [0.5, 0.6) is 0 Å². The third kappa shape index (κ3) is 2.89. The lowest BCUT2D eigenvalue weighted by Gasteiger charge is -2.38. The maximum absolute atomic E-state index is 12.0. The molecule has 2 rings (SSSR count). The molecule has 0 aliphatic carbocycles. The molecule has 2 aliphatic rings. The van der Waals surface area contributed by atoms with Crippen molar-refractivity contribution >= 4 is 23.8 Å². The first-order valence-electron chi connectivity index (χ1n) is 6.56. The summed E-state index contributed by atoms with van der Waals surface area (Å²) in [4.78, 5) is 47.0. The Hall–Kier alpha value is -2.12. The molecular weight excluding hydrogens is 266 g/mol. The molecule has 0 aromatic carbocycles. The summed E-state index contributed by atoms with van der Waals surface area (Å²) in [5.41, 5.74) is -1.02. The topological polar surface area (TPSA) is 116 Å². The number of imide groups is 1. The molecule has 1 spiro atoms. The summed E-state index contributed by atoms with van der Waals surface area (Å²) >= 11 is 0. The minimum atomic E-state index is -1.02. The normalized spacial score (nSPS) is 25.5. The Bertz CT molecular complexity index is 464. The first-order valence-corrected chi connectivity index (χ1v) is 6.56. The lowest BCUT2D eigenvalue weighted by Crippen LogP contribution is -2.59. The van der Waals surface area contributed by atoms with Crippen molar-refractivity contribution in [1.29, 1.82) is 0 Å². The van der Waals surface area contributed by atoms with Gasteiger partial charge in [0.05, 0.1) is 6.54 Å². The molecule has 3 N–H and O–H groups in total. The Morgan fingerprint density at radius 2 is 2.05 bits per heavy atom. The lowest BCUT2D eigenvalue weighted by atomic mass is 9.89. The van der Waals surface area contributed by atoms with Crippen molar-refractivity contribution in [3.05, 3.63) is 0 Å². The van der Waals surface area contributed by atoms with Gasteiger partial charge in [0.15, 0.2) is 0 Å². The monoisotopic (exact) mass is 283 g/mol. The minimum Gasteiger partial charge on any atom is -0.481 e. The number of amides is 4. The molecule has 2 heterocycles. The van der Waals surface area contributed by atoms with Crippen LogP contribution >= 0.6 is 0 Å². The van der Waals surface area contributed by atoms with Crippen LogP contribution in [0, 0.1) is 0 Å². The molecule has 0 aromatic heterocycles. The van der Waals surface area contributed by atoms with Crippen LogP contribution in [0.4, 0.5) is 4.79 Å². The number of likely N-dealkylation sites (tertiary alicyclic amines) is 1. The Balaban J connectivity index is 1.93. The van der Waals surface area contributed by atoms with E-state index in [-0.39, 0.29) is 31.7 Å². The van der Waals surface area contributed by atoms with E-state index in [0.717, 1.165) is 0 Å². The van der Waals surface area contributed by atoms with E-state index in [2.05, 4.69) is 10.6 Å². The fourth-order valence-electron chi connectivity index (χ4n) is 2.63. The number of rotatable bonds is 4. The van der Waals surface area contributed by atoms with Crippen LogP contribution in [-0.4, -0.2) is 52.4 Å². The first kappa shape index (κ1) is 14.3. The zero-order chi connectivity index (χ0) is 14.8. The summed E-state index contributed by atoms with van der Waals surface area (Å²) in [5, 5.41) is 13.3. The van der Waals surface area contributed by atoms with Gasteiger partial charge in [0, 0.05) is 19.4 Å². The van der Waals surface area contributed by atoms with Gasteiger partial charge in [-0.05, 0) is 19.3 Å². The standard InChI is InChI=1S/C12H17N3O5/c16-8(3-1-4-9(17)18)15-6-2-5-12(7-15)10(19)13-11(20)14-12/h1-7H2,(H,17,18)(H2,13,14,19,20). The van der Waals surface area contributed by atoms with Crippen molar-refractivity contribution in [2.24, 2.45) is 0 Å². The van der Waals surface area contributed by atoms with E-state index in [9.17, 15) is 19.2 Å². The average Bonchev–Trinajstić information content (AvgIpc) is 2.63. The largest absolute Gasteiger partial charge is 0.481 e. The molecule has 2 saturated heterocycles. The highest BCUT2D eigenvalue weighted by molar-refractivity contribution is 6.07. The second-order valence-corrected chi connectivity index (χ2v) is 5.16. The number of aliphatic carboxylic acids is 1. The van der Waals surface area contributed by atoms with Gasteiger partial charge < -0.3 is 15.3 Å². The molecule has 4 amide bonds. The predicted molar refractivity (Wildman–Crippen MR) is 66.7 cm³/mol. The number of urea groups is 1. The maximum atomic E-state index is 12.0. The predicted octanol–water partition coefficient (Wildman–Crippen LogP) is -0.558. The SMILES string of the molecule is O=C(O)CCCC(=O)N1CCCC2(C1)NC(=O)NC2=O. The number of hydrogen-bond donors (Lipinski definition) is 3. The van der Waals surface area contributed by atoms with Crippen molar-refractivity contribution in [3.63, 3.8) is 0 Å². The van der Waals surface area contributed by atoms with Gasteiger partial charge in [-0.2, -0.15) is 0 Å². The van der Waals surface area contributed by atoms with Crippen LogP contribution in [0.2, 0.25) is 0 Å². The smallest absolute Gasteiger partial charge is 0.322 e. The van der Waals surface area contributed by atoms with Gasteiger partial charge in [-0.1, -0.05) is 0 Å². The van der Waals surface area contributed by atoms with E-state index in [1.807, 2.05) is 0 Å².